The zero-order valence-corrected chi connectivity index (χ0v) is 20.2. The molecule has 0 radical (unpaired) electrons. The van der Waals surface area contributed by atoms with Crippen LogP contribution < -0.4 is 14.4 Å². The largest absolute Gasteiger partial charge is 0.507 e. The number of carbonyl (C=O) groups is 2. The number of benzene rings is 3. The third-order valence-corrected chi connectivity index (χ3v) is 5.81. The van der Waals surface area contributed by atoms with E-state index in [9.17, 15) is 14.7 Å². The Balaban J connectivity index is 1.87. The van der Waals surface area contributed by atoms with Crippen molar-refractivity contribution in [1.29, 1.82) is 0 Å². The van der Waals surface area contributed by atoms with Gasteiger partial charge in [0.15, 0.2) is 0 Å². The summed E-state index contributed by atoms with van der Waals surface area (Å²) in [5.74, 6) is -0.387. The molecule has 4 rings (SSSR count). The molecule has 6 nitrogen and oxygen atoms in total. The molecule has 1 N–H and O–H groups in total. The third kappa shape index (κ3) is 4.92. The SMILES string of the molecule is CCCOc1cccc(/C(O)=C2\C(=O)C(=O)N(c3cccc(C)c3)C2c2ccc(OCC)cc2)c1. The number of Topliss-reactive ketones (excluding diaryl/α,β-unsaturated/α-hetero) is 1. The van der Waals surface area contributed by atoms with Gasteiger partial charge in [0.2, 0.25) is 0 Å². The summed E-state index contributed by atoms with van der Waals surface area (Å²) in [4.78, 5) is 28.1. The molecule has 35 heavy (non-hydrogen) atoms. The van der Waals surface area contributed by atoms with Gasteiger partial charge in [-0.1, -0.05) is 43.3 Å². The van der Waals surface area contributed by atoms with Crippen LogP contribution in [0.25, 0.3) is 5.76 Å². The molecular formula is C29H29NO5. The van der Waals surface area contributed by atoms with Crippen LogP contribution in [0.1, 0.15) is 43.0 Å². The van der Waals surface area contributed by atoms with E-state index in [2.05, 4.69) is 0 Å². The molecule has 1 saturated heterocycles. The van der Waals surface area contributed by atoms with Crippen molar-refractivity contribution in [2.45, 2.75) is 33.2 Å². The van der Waals surface area contributed by atoms with E-state index in [-0.39, 0.29) is 11.3 Å². The van der Waals surface area contributed by atoms with Crippen molar-refractivity contribution in [3.05, 3.63) is 95.1 Å². The molecule has 1 heterocycles. The summed E-state index contributed by atoms with van der Waals surface area (Å²) in [6, 6.07) is 20.8. The number of amides is 1. The van der Waals surface area contributed by atoms with Crippen LogP contribution in [0.5, 0.6) is 11.5 Å². The average Bonchev–Trinajstić information content (AvgIpc) is 3.13. The van der Waals surface area contributed by atoms with E-state index >= 15 is 0 Å². The summed E-state index contributed by atoms with van der Waals surface area (Å²) in [5, 5.41) is 11.3. The second-order valence-electron chi connectivity index (χ2n) is 8.39. The van der Waals surface area contributed by atoms with Crippen molar-refractivity contribution in [2.24, 2.45) is 0 Å². The summed E-state index contributed by atoms with van der Waals surface area (Å²) in [6.07, 6.45) is 0.843. The summed E-state index contributed by atoms with van der Waals surface area (Å²) in [5.41, 5.74) is 2.68. The van der Waals surface area contributed by atoms with Gasteiger partial charge in [0.05, 0.1) is 24.8 Å². The first kappa shape index (κ1) is 24.1. The molecule has 0 spiro atoms. The Labute approximate surface area is 205 Å². The van der Waals surface area contributed by atoms with Gasteiger partial charge in [0.25, 0.3) is 11.7 Å². The van der Waals surface area contributed by atoms with Crippen LogP contribution in [-0.4, -0.2) is 30.0 Å². The van der Waals surface area contributed by atoms with Crippen LogP contribution in [-0.2, 0) is 9.59 Å². The number of anilines is 1. The second-order valence-corrected chi connectivity index (χ2v) is 8.39. The molecular weight excluding hydrogens is 442 g/mol. The van der Waals surface area contributed by atoms with Crippen LogP contribution in [0.15, 0.2) is 78.4 Å². The molecule has 3 aromatic rings. The quantitative estimate of drug-likeness (QED) is 0.255. The lowest BCUT2D eigenvalue weighted by Gasteiger charge is -2.26. The minimum Gasteiger partial charge on any atom is -0.507 e. The Bertz CT molecular complexity index is 1260. The van der Waals surface area contributed by atoms with Gasteiger partial charge in [-0.2, -0.15) is 0 Å². The lowest BCUT2D eigenvalue weighted by molar-refractivity contribution is -0.132. The van der Waals surface area contributed by atoms with Crippen molar-refractivity contribution in [2.75, 3.05) is 18.1 Å². The minimum atomic E-state index is -0.798. The van der Waals surface area contributed by atoms with Crippen LogP contribution in [0.4, 0.5) is 5.69 Å². The zero-order valence-electron chi connectivity index (χ0n) is 20.2. The van der Waals surface area contributed by atoms with E-state index in [1.165, 1.54) is 4.90 Å². The Morgan fingerprint density at radius 3 is 2.34 bits per heavy atom. The summed E-state index contributed by atoms with van der Waals surface area (Å²) >= 11 is 0. The molecule has 0 bridgehead atoms. The summed E-state index contributed by atoms with van der Waals surface area (Å²) in [7, 11) is 0. The topological polar surface area (TPSA) is 76.1 Å². The normalized spacial score (nSPS) is 17.0. The molecule has 0 aliphatic carbocycles. The van der Waals surface area contributed by atoms with Gasteiger partial charge >= 0.3 is 0 Å². The first-order valence-electron chi connectivity index (χ1n) is 11.8. The van der Waals surface area contributed by atoms with E-state index in [1.807, 2.05) is 51.1 Å². The highest BCUT2D eigenvalue weighted by atomic mass is 16.5. The Morgan fingerprint density at radius 2 is 1.66 bits per heavy atom. The van der Waals surface area contributed by atoms with Gasteiger partial charge < -0.3 is 14.6 Å². The van der Waals surface area contributed by atoms with Crippen LogP contribution in [0.3, 0.4) is 0 Å². The molecule has 1 atom stereocenters. The fourth-order valence-corrected chi connectivity index (χ4v) is 4.21. The Hall–Kier alpha value is -4.06. The molecule has 6 heteroatoms. The maximum atomic E-state index is 13.3. The molecule has 1 amide bonds. The fraction of sp³-hybridized carbons (Fsp3) is 0.241. The van der Waals surface area contributed by atoms with E-state index in [1.54, 1.807) is 42.5 Å². The average molecular weight is 472 g/mol. The molecule has 3 aromatic carbocycles. The smallest absolute Gasteiger partial charge is 0.300 e. The molecule has 0 saturated carbocycles. The van der Waals surface area contributed by atoms with E-state index in [0.29, 0.717) is 41.5 Å². The first-order chi connectivity index (χ1) is 16.9. The van der Waals surface area contributed by atoms with Crippen molar-refractivity contribution >= 4 is 23.1 Å². The fourth-order valence-electron chi connectivity index (χ4n) is 4.21. The number of aryl methyl sites for hydroxylation is 1. The first-order valence-corrected chi connectivity index (χ1v) is 11.8. The van der Waals surface area contributed by atoms with Crippen LogP contribution >= 0.6 is 0 Å². The predicted octanol–water partition coefficient (Wildman–Crippen LogP) is 5.81. The molecule has 1 aliphatic heterocycles. The van der Waals surface area contributed by atoms with Gasteiger partial charge in [-0.25, -0.2) is 0 Å². The number of ketones is 1. The van der Waals surface area contributed by atoms with Crippen LogP contribution in [0.2, 0.25) is 0 Å². The number of nitrogens with zero attached hydrogens (tertiary/aromatic N) is 1. The number of aliphatic hydroxyl groups is 1. The zero-order chi connectivity index (χ0) is 24.9. The highest BCUT2D eigenvalue weighted by Gasteiger charge is 2.47. The van der Waals surface area contributed by atoms with Gasteiger partial charge in [0.1, 0.15) is 17.3 Å². The van der Waals surface area contributed by atoms with Gasteiger partial charge in [-0.05, 0) is 67.8 Å². The number of rotatable bonds is 8. The number of aliphatic hydroxyl groups excluding tert-OH is 1. The van der Waals surface area contributed by atoms with Crippen molar-refractivity contribution in [1.82, 2.24) is 0 Å². The minimum absolute atomic E-state index is 0.0355. The van der Waals surface area contributed by atoms with Gasteiger partial charge in [-0.3, -0.25) is 14.5 Å². The summed E-state index contributed by atoms with van der Waals surface area (Å²) in [6.45, 7) is 6.89. The predicted molar refractivity (Wildman–Crippen MR) is 136 cm³/mol. The lowest BCUT2D eigenvalue weighted by atomic mass is 9.95. The molecule has 1 fully saturated rings. The number of carbonyl (C=O) groups excluding carboxylic acids is 2. The summed E-state index contributed by atoms with van der Waals surface area (Å²) < 4.78 is 11.3. The standard InChI is InChI=1S/C29H29NO5/c1-4-16-35-24-11-7-9-21(18-24)27(31)25-26(20-12-14-23(15-13-20)34-5-2)30(29(33)28(25)32)22-10-6-8-19(3)17-22/h6-15,17-18,26,31H,4-5,16H2,1-3H3/b27-25+. The number of hydrogen-bond donors (Lipinski definition) is 1. The van der Waals surface area contributed by atoms with Crippen molar-refractivity contribution < 1.29 is 24.2 Å². The number of hydrogen-bond acceptors (Lipinski definition) is 5. The number of ether oxygens (including phenoxy) is 2. The second kappa shape index (κ2) is 10.5. The van der Waals surface area contributed by atoms with Crippen LogP contribution in [0, 0.1) is 6.92 Å². The molecule has 0 aromatic heterocycles. The van der Waals surface area contributed by atoms with E-state index in [0.717, 1.165) is 12.0 Å². The molecule has 1 aliphatic rings. The van der Waals surface area contributed by atoms with Gasteiger partial charge in [0, 0.05) is 11.3 Å². The van der Waals surface area contributed by atoms with E-state index in [4.69, 9.17) is 9.47 Å². The Kier molecular flexibility index (Phi) is 7.20. The van der Waals surface area contributed by atoms with Crippen molar-refractivity contribution in [3.63, 3.8) is 0 Å². The maximum Gasteiger partial charge on any atom is 0.300 e. The third-order valence-electron chi connectivity index (χ3n) is 5.81. The maximum absolute atomic E-state index is 13.3. The lowest BCUT2D eigenvalue weighted by Crippen LogP contribution is -2.29. The highest BCUT2D eigenvalue weighted by Crippen LogP contribution is 2.42. The highest BCUT2D eigenvalue weighted by molar-refractivity contribution is 6.51. The van der Waals surface area contributed by atoms with E-state index < -0.39 is 17.7 Å². The van der Waals surface area contributed by atoms with Crippen molar-refractivity contribution in [3.8, 4) is 11.5 Å². The monoisotopic (exact) mass is 471 g/mol. The van der Waals surface area contributed by atoms with Gasteiger partial charge in [-0.15, -0.1) is 0 Å². The Morgan fingerprint density at radius 1 is 0.914 bits per heavy atom. The molecule has 1 unspecified atom stereocenters. The molecule has 180 valence electrons.